The van der Waals surface area contributed by atoms with Crippen LogP contribution in [0.1, 0.15) is 33.9 Å². The summed E-state index contributed by atoms with van der Waals surface area (Å²) in [4.78, 5) is 45.0. The van der Waals surface area contributed by atoms with E-state index in [2.05, 4.69) is 4.98 Å². The number of amides is 2. The number of aromatic amines is 1. The van der Waals surface area contributed by atoms with E-state index in [0.717, 1.165) is 38.3 Å². The monoisotopic (exact) mass is 702 g/mol. The van der Waals surface area contributed by atoms with Gasteiger partial charge in [0.2, 0.25) is 11.8 Å². The number of nitrogens with zero attached hydrogens (tertiary/aromatic N) is 1. The normalized spacial score (nSPS) is 27.9. The number of nitrogens with one attached hydrogen (secondary N) is 1. The fraction of sp³-hybridized carbons (Fsp3) is 0.303. The summed E-state index contributed by atoms with van der Waals surface area (Å²) < 4.78 is 48.3. The third-order valence-electron chi connectivity index (χ3n) is 9.76. The zero-order valence-corrected chi connectivity index (χ0v) is 26.7. The van der Waals surface area contributed by atoms with Gasteiger partial charge in [0, 0.05) is 31.7 Å². The number of rotatable bonds is 5. The zero-order chi connectivity index (χ0) is 32.1. The third kappa shape index (κ3) is 4.64. The highest BCUT2D eigenvalue weighted by Gasteiger charge is 2.70. The summed E-state index contributed by atoms with van der Waals surface area (Å²) in [6.07, 6.45) is -4.16. The van der Waals surface area contributed by atoms with Gasteiger partial charge in [-0.1, -0.05) is 58.8 Å². The average molecular weight is 704 g/mol. The number of imide groups is 1. The molecule has 4 aromatic rings. The molecule has 1 aromatic heterocycles. The second-order valence-electron chi connectivity index (χ2n) is 12.1. The molecule has 13 heteroatoms. The molecular formula is C33H23Cl2F3N2O4S2. The molecule has 236 valence electrons. The second-order valence-corrected chi connectivity index (χ2v) is 15.2. The third-order valence-corrected chi connectivity index (χ3v) is 12.8. The molecule has 5 unspecified atom stereocenters. The summed E-state index contributed by atoms with van der Waals surface area (Å²) in [5, 5.41) is 1.57. The SMILES string of the molecule is O=C1C2C(C(=O)N1c1ccccc1C(F)(F)F)[C@@H]1C[C@H]2C2Sc3[nH]c(=O)sc3C(c3cc(Cl)ccc3OCc3cccc(Cl)c3)C21. The van der Waals surface area contributed by atoms with Crippen LogP contribution in [0.25, 0.3) is 0 Å². The summed E-state index contributed by atoms with van der Waals surface area (Å²) in [6, 6.07) is 17.3. The first kappa shape index (κ1) is 30.1. The van der Waals surface area contributed by atoms with E-state index < -0.39 is 47.0 Å². The first-order chi connectivity index (χ1) is 22.0. The number of H-pyrrole nitrogens is 1. The fourth-order valence-corrected chi connectivity index (χ4v) is 11.5. The van der Waals surface area contributed by atoms with E-state index in [1.54, 1.807) is 18.2 Å². The van der Waals surface area contributed by atoms with Crippen LogP contribution in [-0.2, 0) is 22.4 Å². The van der Waals surface area contributed by atoms with E-state index in [1.807, 2.05) is 24.3 Å². The van der Waals surface area contributed by atoms with Crippen molar-refractivity contribution in [3.63, 3.8) is 0 Å². The Morgan fingerprint density at radius 3 is 2.41 bits per heavy atom. The van der Waals surface area contributed by atoms with E-state index in [-0.39, 0.29) is 34.5 Å². The Balaban J connectivity index is 1.20. The number of thiazole rings is 1. The zero-order valence-electron chi connectivity index (χ0n) is 23.6. The number of carbonyl (C=O) groups is 2. The van der Waals surface area contributed by atoms with Gasteiger partial charge in [0.25, 0.3) is 0 Å². The predicted octanol–water partition coefficient (Wildman–Crippen LogP) is 8.02. The molecule has 3 fully saturated rings. The van der Waals surface area contributed by atoms with Crippen molar-refractivity contribution in [3.05, 3.63) is 108 Å². The Hall–Kier alpha value is -3.25. The minimum absolute atomic E-state index is 0.164. The largest absolute Gasteiger partial charge is 0.489 e. The lowest BCUT2D eigenvalue weighted by Gasteiger charge is -2.43. The molecule has 2 aliphatic heterocycles. The molecule has 8 rings (SSSR count). The highest BCUT2D eigenvalue weighted by Crippen LogP contribution is 2.69. The average Bonchev–Trinajstić information content (AvgIpc) is 3.75. The summed E-state index contributed by atoms with van der Waals surface area (Å²) in [5.41, 5.74) is 0.158. The van der Waals surface area contributed by atoms with Gasteiger partial charge in [-0.2, -0.15) is 13.2 Å². The van der Waals surface area contributed by atoms with Crippen molar-refractivity contribution in [2.24, 2.45) is 29.6 Å². The van der Waals surface area contributed by atoms with Gasteiger partial charge in [-0.3, -0.25) is 14.4 Å². The van der Waals surface area contributed by atoms with Crippen LogP contribution in [0.2, 0.25) is 10.0 Å². The molecule has 2 bridgehead atoms. The van der Waals surface area contributed by atoms with Crippen molar-refractivity contribution in [2.45, 2.75) is 35.4 Å². The van der Waals surface area contributed by atoms with Crippen LogP contribution in [0.15, 0.2) is 76.6 Å². The number of aromatic nitrogens is 1. The second kappa shape index (κ2) is 10.9. The van der Waals surface area contributed by atoms with E-state index in [4.69, 9.17) is 27.9 Å². The Bertz CT molecular complexity index is 1980. The van der Waals surface area contributed by atoms with E-state index >= 15 is 0 Å². The van der Waals surface area contributed by atoms with E-state index in [0.29, 0.717) is 27.2 Å². The van der Waals surface area contributed by atoms with Gasteiger partial charge in [-0.15, -0.1) is 11.8 Å². The molecule has 4 aliphatic rings. The molecular weight excluding hydrogens is 680 g/mol. The maximum absolute atomic E-state index is 14.1. The van der Waals surface area contributed by atoms with E-state index in [9.17, 15) is 27.6 Å². The number of halogens is 5. The number of anilines is 1. The van der Waals surface area contributed by atoms with Crippen LogP contribution < -0.4 is 14.5 Å². The summed E-state index contributed by atoms with van der Waals surface area (Å²) in [7, 11) is 0. The molecule has 0 spiro atoms. The molecule has 3 aromatic carbocycles. The van der Waals surface area contributed by atoms with Crippen molar-refractivity contribution in [2.75, 3.05) is 4.90 Å². The van der Waals surface area contributed by atoms with Crippen LogP contribution in [-0.4, -0.2) is 22.0 Å². The van der Waals surface area contributed by atoms with Gasteiger partial charge < -0.3 is 9.72 Å². The highest BCUT2D eigenvalue weighted by molar-refractivity contribution is 8.00. The van der Waals surface area contributed by atoms with Crippen LogP contribution in [0.3, 0.4) is 0 Å². The number of para-hydroxylation sites is 1. The van der Waals surface area contributed by atoms with Gasteiger partial charge in [0.05, 0.1) is 28.1 Å². The minimum atomic E-state index is -4.74. The van der Waals surface area contributed by atoms with Crippen molar-refractivity contribution in [1.29, 1.82) is 0 Å². The summed E-state index contributed by atoms with van der Waals surface area (Å²) in [6.45, 7) is 0.221. The molecule has 0 radical (unpaired) electrons. The first-order valence-corrected chi connectivity index (χ1v) is 17.1. The van der Waals surface area contributed by atoms with E-state index in [1.165, 1.54) is 30.0 Å². The molecule has 2 aliphatic carbocycles. The Morgan fingerprint density at radius 1 is 0.913 bits per heavy atom. The first-order valence-electron chi connectivity index (χ1n) is 14.6. The van der Waals surface area contributed by atoms with Crippen molar-refractivity contribution >= 4 is 63.8 Å². The summed E-state index contributed by atoms with van der Waals surface area (Å²) >= 11 is 15.3. The molecule has 2 amide bonds. The number of hydrogen-bond donors (Lipinski definition) is 1. The number of carbonyl (C=O) groups excluding carboxylic acids is 2. The van der Waals surface area contributed by atoms with Crippen molar-refractivity contribution in [3.8, 4) is 5.75 Å². The Kier molecular flexibility index (Phi) is 7.13. The Morgan fingerprint density at radius 2 is 1.65 bits per heavy atom. The lowest BCUT2D eigenvalue weighted by atomic mass is 9.68. The van der Waals surface area contributed by atoms with Crippen LogP contribution in [0.4, 0.5) is 18.9 Å². The number of ether oxygens (including phenoxy) is 1. The fourth-order valence-electron chi connectivity index (χ4n) is 8.19. The number of hydrogen-bond acceptors (Lipinski definition) is 6. The maximum Gasteiger partial charge on any atom is 0.418 e. The Labute approximate surface area is 278 Å². The molecule has 1 N–H and O–H groups in total. The lowest BCUT2D eigenvalue weighted by Crippen LogP contribution is -2.42. The molecule has 1 saturated heterocycles. The standard InChI is InChI=1S/C33H23Cl2F3N2O4S2/c34-15-5-3-4-14(10-15)13-44-22-9-8-16(35)11-17(22)23-24-18-12-19(27(24)45-29-28(23)46-32(43)39-29)26-25(18)30(41)40(31(26)42)21-7-2-1-6-20(21)33(36,37)38/h1-11,18-19,23-27H,12-13H2,(H,39,43)/t18-,19-,23?,24?,25?,26?,27?/m1/s1. The smallest absolute Gasteiger partial charge is 0.418 e. The van der Waals surface area contributed by atoms with Gasteiger partial charge in [0.15, 0.2) is 0 Å². The lowest BCUT2D eigenvalue weighted by molar-refractivity contribution is -0.137. The number of benzene rings is 3. The van der Waals surface area contributed by atoms with Gasteiger partial charge in [-0.05, 0) is 72.2 Å². The van der Waals surface area contributed by atoms with Crippen LogP contribution >= 0.6 is 46.3 Å². The highest BCUT2D eigenvalue weighted by atomic mass is 35.5. The molecule has 6 nitrogen and oxygen atoms in total. The molecule has 7 atom stereocenters. The molecule has 3 heterocycles. The quantitative estimate of drug-likeness (QED) is 0.213. The topological polar surface area (TPSA) is 79.5 Å². The van der Waals surface area contributed by atoms with Crippen LogP contribution in [0.5, 0.6) is 5.75 Å². The number of thioether (sulfide) groups is 1. The maximum atomic E-state index is 14.1. The molecule has 2 saturated carbocycles. The molecule has 46 heavy (non-hydrogen) atoms. The number of fused-ring (bicyclic) bond motifs is 9. The van der Waals surface area contributed by atoms with Gasteiger partial charge in [-0.25, -0.2) is 4.90 Å². The minimum Gasteiger partial charge on any atom is -0.489 e. The van der Waals surface area contributed by atoms with Gasteiger partial charge >= 0.3 is 11.0 Å². The van der Waals surface area contributed by atoms with Crippen molar-refractivity contribution in [1.82, 2.24) is 4.98 Å². The van der Waals surface area contributed by atoms with Crippen LogP contribution in [0, 0.1) is 29.6 Å². The summed E-state index contributed by atoms with van der Waals surface area (Å²) in [5.74, 6) is -3.30. The van der Waals surface area contributed by atoms with Gasteiger partial charge in [0.1, 0.15) is 12.4 Å². The predicted molar refractivity (Wildman–Crippen MR) is 170 cm³/mol. The number of alkyl halides is 3. The van der Waals surface area contributed by atoms with Crippen molar-refractivity contribution < 1.29 is 27.5 Å².